The molecule has 0 saturated carbocycles. The molecule has 2 N–H and O–H groups in total. The Bertz CT molecular complexity index is 450. The van der Waals surface area contributed by atoms with E-state index in [0.717, 1.165) is 19.6 Å². The third kappa shape index (κ3) is 3.65. The van der Waals surface area contributed by atoms with Gasteiger partial charge in [-0.1, -0.05) is 38.1 Å². The minimum absolute atomic E-state index is 0.212. The number of nitrogens with two attached hydrogens (primary N) is 1. The van der Waals surface area contributed by atoms with E-state index in [1.165, 1.54) is 11.1 Å². The van der Waals surface area contributed by atoms with E-state index in [1.807, 2.05) is 0 Å². The van der Waals surface area contributed by atoms with Crippen LogP contribution in [0.4, 0.5) is 0 Å². The molecule has 3 nitrogen and oxygen atoms in total. The van der Waals surface area contributed by atoms with Gasteiger partial charge in [0.25, 0.3) is 0 Å². The number of piperazine rings is 1. The van der Waals surface area contributed by atoms with E-state index >= 15 is 0 Å². The van der Waals surface area contributed by atoms with Crippen molar-refractivity contribution < 1.29 is 0 Å². The molecule has 1 saturated heterocycles. The molecule has 1 aromatic carbocycles. The minimum atomic E-state index is 0.212. The van der Waals surface area contributed by atoms with Crippen molar-refractivity contribution in [1.29, 1.82) is 0 Å². The summed E-state index contributed by atoms with van der Waals surface area (Å²) in [7, 11) is 2.21. The summed E-state index contributed by atoms with van der Waals surface area (Å²) < 4.78 is 0. The highest BCUT2D eigenvalue weighted by atomic mass is 15.3. The van der Waals surface area contributed by atoms with Crippen LogP contribution in [0, 0.1) is 0 Å². The van der Waals surface area contributed by atoms with Crippen LogP contribution in [0.3, 0.4) is 0 Å². The van der Waals surface area contributed by atoms with Crippen LogP contribution < -0.4 is 5.73 Å². The van der Waals surface area contributed by atoms with E-state index in [-0.39, 0.29) is 5.54 Å². The summed E-state index contributed by atoms with van der Waals surface area (Å²) in [6, 6.07) is 9.36. The Hall–Kier alpha value is -0.900. The first-order valence-electron chi connectivity index (χ1n) is 8.10. The lowest BCUT2D eigenvalue weighted by atomic mass is 9.94. The Labute approximate surface area is 130 Å². The fourth-order valence-corrected chi connectivity index (χ4v) is 3.14. The summed E-state index contributed by atoms with van der Waals surface area (Å²) >= 11 is 0. The van der Waals surface area contributed by atoms with Crippen LogP contribution >= 0.6 is 0 Å². The van der Waals surface area contributed by atoms with Crippen LogP contribution in [-0.4, -0.2) is 48.6 Å². The molecule has 0 aliphatic carbocycles. The smallest absolute Gasteiger partial charge is 0.0471 e. The molecule has 0 bridgehead atoms. The average molecular weight is 289 g/mol. The first-order chi connectivity index (χ1) is 9.85. The first-order valence-corrected chi connectivity index (χ1v) is 8.10. The molecule has 0 aromatic heterocycles. The van der Waals surface area contributed by atoms with Gasteiger partial charge in [-0.05, 0) is 37.9 Å². The topological polar surface area (TPSA) is 32.5 Å². The molecule has 1 unspecified atom stereocenters. The summed E-state index contributed by atoms with van der Waals surface area (Å²) in [5, 5.41) is 0. The number of hydrogen-bond acceptors (Lipinski definition) is 3. The Morgan fingerprint density at radius 3 is 2.14 bits per heavy atom. The SMILES string of the molecule is CC(C)c1ccc(C(CN)N2CCN(C)C(C)(C)C2)cc1. The quantitative estimate of drug-likeness (QED) is 0.925. The monoisotopic (exact) mass is 289 g/mol. The van der Waals surface area contributed by atoms with Gasteiger partial charge in [-0.25, -0.2) is 0 Å². The molecular formula is C18H31N3. The molecule has 2 rings (SSSR count). The second-order valence-electron chi connectivity index (χ2n) is 7.28. The second-order valence-corrected chi connectivity index (χ2v) is 7.28. The zero-order valence-electron chi connectivity index (χ0n) is 14.3. The molecular weight excluding hydrogens is 258 g/mol. The predicted octanol–water partition coefficient (Wildman–Crippen LogP) is 2.84. The Balaban J connectivity index is 2.16. The first kappa shape index (κ1) is 16.5. The van der Waals surface area contributed by atoms with Crippen LogP contribution in [0.15, 0.2) is 24.3 Å². The maximum absolute atomic E-state index is 6.10. The van der Waals surface area contributed by atoms with Gasteiger partial charge in [-0.3, -0.25) is 9.80 Å². The van der Waals surface area contributed by atoms with E-state index < -0.39 is 0 Å². The van der Waals surface area contributed by atoms with E-state index in [2.05, 4.69) is 68.8 Å². The maximum Gasteiger partial charge on any atom is 0.0471 e. The van der Waals surface area contributed by atoms with Crippen LogP contribution in [0.25, 0.3) is 0 Å². The standard InChI is InChI=1S/C18H31N3/c1-14(2)15-6-8-16(9-7-15)17(12-19)21-11-10-20(5)18(3,4)13-21/h6-9,14,17H,10-13,19H2,1-5H3. The lowest BCUT2D eigenvalue weighted by Gasteiger charge is -2.48. The summed E-state index contributed by atoms with van der Waals surface area (Å²) in [6.45, 7) is 13.0. The number of hydrogen-bond donors (Lipinski definition) is 1. The van der Waals surface area contributed by atoms with Gasteiger partial charge >= 0.3 is 0 Å². The van der Waals surface area contributed by atoms with Crippen LogP contribution in [0.2, 0.25) is 0 Å². The summed E-state index contributed by atoms with van der Waals surface area (Å²) in [5.41, 5.74) is 9.06. The fourth-order valence-electron chi connectivity index (χ4n) is 3.14. The zero-order chi connectivity index (χ0) is 15.6. The largest absolute Gasteiger partial charge is 0.329 e. The van der Waals surface area contributed by atoms with Crippen molar-refractivity contribution in [3.63, 3.8) is 0 Å². The van der Waals surface area contributed by atoms with Crippen molar-refractivity contribution >= 4 is 0 Å². The highest BCUT2D eigenvalue weighted by Crippen LogP contribution is 2.28. The van der Waals surface area contributed by atoms with Gasteiger partial charge in [0.1, 0.15) is 0 Å². The van der Waals surface area contributed by atoms with Gasteiger partial charge in [-0.2, -0.15) is 0 Å². The van der Waals surface area contributed by atoms with E-state index in [4.69, 9.17) is 5.73 Å². The van der Waals surface area contributed by atoms with Crippen molar-refractivity contribution in [3.8, 4) is 0 Å². The average Bonchev–Trinajstić information content (AvgIpc) is 2.44. The molecule has 0 spiro atoms. The molecule has 0 amide bonds. The fraction of sp³-hybridized carbons (Fsp3) is 0.667. The van der Waals surface area contributed by atoms with Gasteiger partial charge in [0.05, 0.1) is 0 Å². The Morgan fingerprint density at radius 2 is 1.67 bits per heavy atom. The molecule has 1 fully saturated rings. The summed E-state index contributed by atoms with van der Waals surface area (Å²) in [6.07, 6.45) is 0. The van der Waals surface area contributed by atoms with Gasteiger partial charge < -0.3 is 5.73 Å². The molecule has 0 radical (unpaired) electrons. The minimum Gasteiger partial charge on any atom is -0.329 e. The highest BCUT2D eigenvalue weighted by molar-refractivity contribution is 5.27. The van der Waals surface area contributed by atoms with Crippen molar-refractivity contribution in [2.75, 3.05) is 33.2 Å². The Morgan fingerprint density at radius 1 is 1.10 bits per heavy atom. The molecule has 1 heterocycles. The van der Waals surface area contributed by atoms with Gasteiger partial charge in [0.15, 0.2) is 0 Å². The van der Waals surface area contributed by atoms with Crippen molar-refractivity contribution in [3.05, 3.63) is 35.4 Å². The summed E-state index contributed by atoms with van der Waals surface area (Å²) in [5.74, 6) is 0.581. The van der Waals surface area contributed by atoms with Crippen LogP contribution in [0.1, 0.15) is 50.8 Å². The summed E-state index contributed by atoms with van der Waals surface area (Å²) in [4.78, 5) is 4.99. The lowest BCUT2D eigenvalue weighted by molar-refractivity contribution is 0.0180. The molecule has 1 atom stereocenters. The van der Waals surface area contributed by atoms with Crippen molar-refractivity contribution in [1.82, 2.24) is 9.80 Å². The molecule has 21 heavy (non-hydrogen) atoms. The second kappa shape index (κ2) is 6.47. The molecule has 1 aromatic rings. The molecule has 118 valence electrons. The lowest BCUT2D eigenvalue weighted by Crippen LogP contribution is -2.58. The highest BCUT2D eigenvalue weighted by Gasteiger charge is 2.34. The van der Waals surface area contributed by atoms with E-state index in [1.54, 1.807) is 0 Å². The van der Waals surface area contributed by atoms with Gasteiger partial charge in [0.2, 0.25) is 0 Å². The van der Waals surface area contributed by atoms with E-state index in [0.29, 0.717) is 18.5 Å². The third-order valence-electron chi connectivity index (χ3n) is 5.00. The number of benzene rings is 1. The number of rotatable bonds is 4. The molecule has 1 aliphatic rings. The van der Waals surface area contributed by atoms with Crippen molar-refractivity contribution in [2.24, 2.45) is 5.73 Å². The van der Waals surface area contributed by atoms with Crippen LogP contribution in [0.5, 0.6) is 0 Å². The predicted molar refractivity (Wildman–Crippen MR) is 90.6 cm³/mol. The number of likely N-dealkylation sites (N-methyl/N-ethyl adjacent to an activating group) is 1. The van der Waals surface area contributed by atoms with Gasteiger partial charge in [-0.15, -0.1) is 0 Å². The molecule has 3 heteroatoms. The van der Waals surface area contributed by atoms with E-state index in [9.17, 15) is 0 Å². The third-order valence-corrected chi connectivity index (χ3v) is 5.00. The van der Waals surface area contributed by atoms with Crippen molar-refractivity contribution in [2.45, 2.75) is 45.2 Å². The van der Waals surface area contributed by atoms with Crippen LogP contribution in [-0.2, 0) is 0 Å². The normalized spacial score (nSPS) is 21.7. The van der Waals surface area contributed by atoms with Gasteiger partial charge in [0, 0.05) is 37.8 Å². The Kier molecular flexibility index (Phi) is 5.07. The number of nitrogens with zero attached hydrogens (tertiary/aromatic N) is 2. The maximum atomic E-state index is 6.10. The molecule has 1 aliphatic heterocycles. The zero-order valence-corrected chi connectivity index (χ0v) is 14.3.